The number of quaternary nitrogens is 1. The monoisotopic (exact) mass is 283 g/mol. The fourth-order valence-corrected chi connectivity index (χ4v) is 3.97. The molecule has 3 aliphatic heterocycles. The Kier molecular flexibility index (Phi) is 3.05. The molecule has 3 heteroatoms. The van der Waals surface area contributed by atoms with E-state index in [0.29, 0.717) is 13.1 Å². The molecule has 0 amide bonds. The second-order valence-electron chi connectivity index (χ2n) is 6.12. The second-order valence-corrected chi connectivity index (χ2v) is 6.12. The summed E-state index contributed by atoms with van der Waals surface area (Å²) >= 11 is 0. The third kappa shape index (κ3) is 2.08. The average molecular weight is 283 g/mol. The molecule has 2 nitrogen and oxygen atoms in total. The Bertz CT molecular complexity index is 606. The molecule has 0 aromatic heterocycles. The van der Waals surface area contributed by atoms with E-state index >= 15 is 4.48 Å². The molecule has 0 N–H and O–H groups in total. The predicted molar refractivity (Wildman–Crippen MR) is 81.0 cm³/mol. The van der Waals surface area contributed by atoms with Crippen molar-refractivity contribution in [3.8, 4) is 0 Å². The lowest BCUT2D eigenvalue weighted by molar-refractivity contribution is -1.09. The molecule has 5 rings (SSSR count). The highest BCUT2D eigenvalue weighted by Gasteiger charge is 2.55. The molecule has 3 heterocycles. The molecule has 0 radical (unpaired) electrons. The number of hydrogen-bond acceptors (Lipinski definition) is 1. The maximum absolute atomic E-state index is 15.5. The van der Waals surface area contributed by atoms with Crippen molar-refractivity contribution >= 4 is 0 Å². The van der Waals surface area contributed by atoms with Crippen LogP contribution in [0.5, 0.6) is 0 Å². The standard InChI is InChI=1S/C18H20FN2/c19-21-13-11-20(12-14-21)17(15-7-3-1-4-8-15)18(21)16-9-5-2-6-10-16/h1-10,17-18H,11-14H2/q+1. The molecule has 2 atom stereocenters. The number of fused-ring (bicyclic) bond motifs is 3. The van der Waals surface area contributed by atoms with Gasteiger partial charge in [0, 0.05) is 5.56 Å². The van der Waals surface area contributed by atoms with Crippen LogP contribution in [0.2, 0.25) is 0 Å². The van der Waals surface area contributed by atoms with Crippen LogP contribution in [-0.2, 0) is 0 Å². The van der Waals surface area contributed by atoms with Crippen molar-refractivity contribution in [1.29, 1.82) is 0 Å². The van der Waals surface area contributed by atoms with Crippen LogP contribution in [0.15, 0.2) is 60.7 Å². The lowest BCUT2D eigenvalue weighted by Gasteiger charge is -2.52. The first-order valence-electron chi connectivity index (χ1n) is 7.68. The van der Waals surface area contributed by atoms with E-state index in [1.807, 2.05) is 24.3 Å². The predicted octanol–water partition coefficient (Wildman–Crippen LogP) is 3.50. The van der Waals surface area contributed by atoms with Gasteiger partial charge in [0.1, 0.15) is 13.1 Å². The number of hydrogen-bond donors (Lipinski definition) is 0. The summed E-state index contributed by atoms with van der Waals surface area (Å²) in [5.74, 6) is 0. The summed E-state index contributed by atoms with van der Waals surface area (Å²) in [6.07, 6.45) is 0. The highest BCUT2D eigenvalue weighted by atomic mass is 19.2. The van der Waals surface area contributed by atoms with Gasteiger partial charge in [-0.3, -0.25) is 4.90 Å². The molecule has 108 valence electrons. The van der Waals surface area contributed by atoms with Crippen molar-refractivity contribution in [2.24, 2.45) is 0 Å². The lowest BCUT2D eigenvalue weighted by Crippen LogP contribution is -2.65. The van der Waals surface area contributed by atoms with Gasteiger partial charge in [0.2, 0.25) is 0 Å². The van der Waals surface area contributed by atoms with Crippen LogP contribution in [0.1, 0.15) is 23.2 Å². The van der Waals surface area contributed by atoms with E-state index in [1.165, 1.54) is 5.56 Å². The minimum Gasteiger partial charge on any atom is -0.279 e. The number of halogens is 1. The molecule has 3 saturated heterocycles. The normalized spacial score (nSPS) is 34.8. The molecular weight excluding hydrogens is 263 g/mol. The van der Waals surface area contributed by atoms with E-state index in [-0.39, 0.29) is 16.8 Å². The smallest absolute Gasteiger partial charge is 0.170 e. The Morgan fingerprint density at radius 3 is 1.90 bits per heavy atom. The van der Waals surface area contributed by atoms with Gasteiger partial charge in [0.25, 0.3) is 0 Å². The van der Waals surface area contributed by atoms with Gasteiger partial charge in [-0.05, 0) is 10.0 Å². The first-order valence-corrected chi connectivity index (χ1v) is 7.68. The number of benzene rings is 2. The van der Waals surface area contributed by atoms with E-state index in [4.69, 9.17) is 0 Å². The maximum atomic E-state index is 15.5. The summed E-state index contributed by atoms with van der Waals surface area (Å²) in [5, 5.41) is 0. The van der Waals surface area contributed by atoms with Gasteiger partial charge in [0.15, 0.2) is 6.04 Å². The Labute approximate surface area is 124 Å². The molecule has 3 aliphatic rings. The zero-order chi connectivity index (χ0) is 14.3. The minimum atomic E-state index is -0.319. The lowest BCUT2D eigenvalue weighted by atomic mass is 9.86. The summed E-state index contributed by atoms with van der Waals surface area (Å²) < 4.78 is 15.2. The molecule has 21 heavy (non-hydrogen) atoms. The van der Waals surface area contributed by atoms with Gasteiger partial charge in [-0.2, -0.15) is 0 Å². The fourth-order valence-electron chi connectivity index (χ4n) is 3.97. The van der Waals surface area contributed by atoms with E-state index in [2.05, 4.69) is 41.3 Å². The SMILES string of the molecule is F[N+]12CCN(CC1)C(c1ccccc1)C2c1ccccc1. The van der Waals surface area contributed by atoms with Crippen LogP contribution in [0.25, 0.3) is 0 Å². The Hall–Kier alpha value is -1.71. The van der Waals surface area contributed by atoms with Crippen molar-refractivity contribution in [3.05, 3.63) is 71.8 Å². The summed E-state index contributed by atoms with van der Waals surface area (Å²) in [6, 6.07) is 20.6. The first-order chi connectivity index (χ1) is 10.3. The van der Waals surface area contributed by atoms with Gasteiger partial charge < -0.3 is 0 Å². The Morgan fingerprint density at radius 2 is 1.33 bits per heavy atom. The van der Waals surface area contributed by atoms with Gasteiger partial charge in [-0.25, -0.2) is 0 Å². The Balaban J connectivity index is 1.83. The third-order valence-corrected chi connectivity index (χ3v) is 4.99. The zero-order valence-corrected chi connectivity index (χ0v) is 12.0. The van der Waals surface area contributed by atoms with Crippen LogP contribution in [0.4, 0.5) is 4.48 Å². The fraction of sp³-hybridized carbons (Fsp3) is 0.333. The van der Waals surface area contributed by atoms with Gasteiger partial charge >= 0.3 is 0 Å². The highest BCUT2D eigenvalue weighted by Crippen LogP contribution is 2.49. The molecule has 2 bridgehead atoms. The van der Waals surface area contributed by atoms with Crippen LogP contribution < -0.4 is 0 Å². The minimum absolute atomic E-state index is 0.115. The van der Waals surface area contributed by atoms with Gasteiger partial charge in [-0.15, -0.1) is 4.71 Å². The van der Waals surface area contributed by atoms with E-state index < -0.39 is 0 Å². The maximum Gasteiger partial charge on any atom is 0.170 e. The van der Waals surface area contributed by atoms with Crippen molar-refractivity contribution in [2.45, 2.75) is 12.1 Å². The van der Waals surface area contributed by atoms with Crippen molar-refractivity contribution in [3.63, 3.8) is 0 Å². The number of rotatable bonds is 2. The van der Waals surface area contributed by atoms with Crippen LogP contribution >= 0.6 is 0 Å². The Morgan fingerprint density at radius 1 is 0.810 bits per heavy atom. The molecule has 2 unspecified atom stereocenters. The van der Waals surface area contributed by atoms with Crippen molar-refractivity contribution in [2.75, 3.05) is 26.2 Å². The quantitative estimate of drug-likeness (QED) is 0.763. The molecule has 2 aromatic carbocycles. The molecule has 0 aliphatic carbocycles. The topological polar surface area (TPSA) is 3.24 Å². The second kappa shape index (κ2) is 4.93. The molecule has 2 aromatic rings. The summed E-state index contributed by atoms with van der Waals surface area (Å²) in [6.45, 7) is 2.89. The molecule has 3 fully saturated rings. The number of nitrogens with zero attached hydrogens (tertiary/aromatic N) is 2. The molecule has 0 spiro atoms. The third-order valence-electron chi connectivity index (χ3n) is 4.99. The summed E-state index contributed by atoms with van der Waals surface area (Å²) in [7, 11) is 0. The van der Waals surface area contributed by atoms with Crippen LogP contribution in [0, 0.1) is 0 Å². The van der Waals surface area contributed by atoms with Crippen molar-refractivity contribution < 1.29 is 9.19 Å². The molecular formula is C18H20FN2+. The van der Waals surface area contributed by atoms with E-state index in [9.17, 15) is 0 Å². The van der Waals surface area contributed by atoms with Gasteiger partial charge in [-0.1, -0.05) is 60.7 Å². The average Bonchev–Trinajstić information content (AvgIpc) is 2.56. The number of piperazine rings is 3. The highest BCUT2D eigenvalue weighted by molar-refractivity contribution is 5.27. The van der Waals surface area contributed by atoms with Crippen LogP contribution in [-0.4, -0.2) is 35.8 Å². The van der Waals surface area contributed by atoms with E-state index in [0.717, 1.165) is 18.7 Å². The summed E-state index contributed by atoms with van der Waals surface area (Å²) in [4.78, 5) is 2.45. The van der Waals surface area contributed by atoms with Crippen molar-refractivity contribution in [1.82, 2.24) is 4.90 Å². The van der Waals surface area contributed by atoms with Crippen LogP contribution in [0.3, 0.4) is 0 Å². The molecule has 0 saturated carbocycles. The first kappa shape index (κ1) is 13.0. The zero-order valence-electron chi connectivity index (χ0n) is 12.0. The van der Waals surface area contributed by atoms with E-state index in [1.54, 1.807) is 0 Å². The largest absolute Gasteiger partial charge is 0.279 e. The summed E-state index contributed by atoms with van der Waals surface area (Å²) in [5.41, 5.74) is 2.34. The van der Waals surface area contributed by atoms with Gasteiger partial charge in [0.05, 0.1) is 19.1 Å².